The summed E-state index contributed by atoms with van der Waals surface area (Å²) in [4.78, 5) is 53.7. The summed E-state index contributed by atoms with van der Waals surface area (Å²) in [7, 11) is 0. The highest BCUT2D eigenvalue weighted by Crippen LogP contribution is 2.35. The molecule has 3 aliphatic rings. The number of hydrogen-bond donors (Lipinski definition) is 2. The first kappa shape index (κ1) is 27.3. The Kier molecular flexibility index (Phi) is 8.37. The van der Waals surface area contributed by atoms with Crippen LogP contribution in [0.2, 0.25) is 0 Å². The first-order valence-corrected chi connectivity index (χ1v) is 13.6. The van der Waals surface area contributed by atoms with Gasteiger partial charge in [-0.15, -0.1) is 0 Å². The maximum Gasteiger partial charge on any atom is 0.294 e. The van der Waals surface area contributed by atoms with Crippen LogP contribution in [0.5, 0.6) is 0 Å². The van der Waals surface area contributed by atoms with Gasteiger partial charge in [0.15, 0.2) is 0 Å². The van der Waals surface area contributed by atoms with Gasteiger partial charge in [-0.1, -0.05) is 15.9 Å². The Hall–Kier alpha value is -2.73. The van der Waals surface area contributed by atoms with Crippen molar-refractivity contribution in [3.05, 3.63) is 32.3 Å². The summed E-state index contributed by atoms with van der Waals surface area (Å²) in [5, 5.41) is 18.1. The number of nitro groups is 1. The van der Waals surface area contributed by atoms with Gasteiger partial charge in [-0.05, 0) is 46.1 Å². The number of morpholine rings is 1. The molecule has 4 rings (SSSR count). The second-order valence-electron chi connectivity index (χ2n) is 10.4. The van der Waals surface area contributed by atoms with E-state index in [-0.39, 0.29) is 71.3 Å². The third-order valence-electron chi connectivity index (χ3n) is 7.12. The zero-order valence-corrected chi connectivity index (χ0v) is 23.0. The summed E-state index contributed by atoms with van der Waals surface area (Å²) in [6.45, 7) is 7.37. The molecule has 0 bridgehead atoms. The van der Waals surface area contributed by atoms with Crippen molar-refractivity contribution in [3.63, 3.8) is 0 Å². The number of rotatable bonds is 5. The van der Waals surface area contributed by atoms with E-state index in [1.807, 2.05) is 20.8 Å². The summed E-state index contributed by atoms with van der Waals surface area (Å²) in [6, 6.07) is 2.66. The SMILES string of the molecule is C[C@@H]1CN(C(=O)c2cc(Br)cc([N+](=O)[O-])c2N[C@@H]2CCCN(C(=O)[C@H]3CC(=O)N[C@@H](C)C3)C2)C[C@H](C)O1. The zero-order valence-electron chi connectivity index (χ0n) is 21.4. The molecule has 0 saturated carbocycles. The van der Waals surface area contributed by atoms with Gasteiger partial charge in [-0.25, -0.2) is 0 Å². The van der Waals surface area contributed by atoms with Crippen LogP contribution in [-0.4, -0.2) is 82.9 Å². The lowest BCUT2D eigenvalue weighted by Gasteiger charge is -2.38. The molecule has 3 fully saturated rings. The lowest BCUT2D eigenvalue weighted by molar-refractivity contribution is -0.384. The number of nitro benzene ring substituents is 1. The molecule has 3 saturated heterocycles. The molecular formula is C25H34BrN5O6. The minimum atomic E-state index is -0.498. The molecule has 0 radical (unpaired) electrons. The number of hydrogen-bond acceptors (Lipinski definition) is 7. The molecule has 3 aliphatic heterocycles. The predicted molar refractivity (Wildman–Crippen MR) is 140 cm³/mol. The molecule has 5 atom stereocenters. The number of carbonyl (C=O) groups is 3. The van der Waals surface area contributed by atoms with Crippen LogP contribution in [0.4, 0.5) is 11.4 Å². The first-order valence-electron chi connectivity index (χ1n) is 12.8. The van der Waals surface area contributed by atoms with E-state index in [2.05, 4.69) is 26.6 Å². The highest BCUT2D eigenvalue weighted by molar-refractivity contribution is 9.10. The lowest BCUT2D eigenvalue weighted by atomic mass is 9.90. The van der Waals surface area contributed by atoms with E-state index in [9.17, 15) is 24.5 Å². The van der Waals surface area contributed by atoms with E-state index < -0.39 is 4.92 Å². The van der Waals surface area contributed by atoms with E-state index in [0.29, 0.717) is 49.9 Å². The van der Waals surface area contributed by atoms with Gasteiger partial charge >= 0.3 is 0 Å². The van der Waals surface area contributed by atoms with Crippen LogP contribution in [0, 0.1) is 16.0 Å². The molecule has 1 aromatic carbocycles. The van der Waals surface area contributed by atoms with Crippen molar-refractivity contribution < 1.29 is 24.0 Å². The molecular weight excluding hydrogens is 546 g/mol. The molecule has 0 unspecified atom stereocenters. The smallest absolute Gasteiger partial charge is 0.294 e. The number of nitrogens with one attached hydrogen (secondary N) is 2. The Bertz CT molecular complexity index is 1070. The van der Waals surface area contributed by atoms with Gasteiger partial charge in [0.25, 0.3) is 11.6 Å². The normalized spacial score (nSPS) is 28.4. The van der Waals surface area contributed by atoms with Crippen molar-refractivity contribution in [2.24, 2.45) is 5.92 Å². The lowest BCUT2D eigenvalue weighted by Crippen LogP contribution is -2.51. The first-order chi connectivity index (χ1) is 17.5. The summed E-state index contributed by atoms with van der Waals surface area (Å²) in [5.41, 5.74) is 0.173. The van der Waals surface area contributed by atoms with Crippen molar-refractivity contribution in [1.29, 1.82) is 0 Å². The van der Waals surface area contributed by atoms with E-state index in [4.69, 9.17) is 4.74 Å². The fraction of sp³-hybridized carbons (Fsp3) is 0.640. The number of ether oxygens (including phenoxy) is 1. The minimum absolute atomic E-state index is 0.0569. The van der Waals surface area contributed by atoms with E-state index >= 15 is 0 Å². The molecule has 0 aromatic heterocycles. The Morgan fingerprint density at radius 2 is 1.86 bits per heavy atom. The van der Waals surface area contributed by atoms with Gasteiger partial charge < -0.3 is 25.2 Å². The third-order valence-corrected chi connectivity index (χ3v) is 7.58. The monoisotopic (exact) mass is 579 g/mol. The summed E-state index contributed by atoms with van der Waals surface area (Å²) in [6.07, 6.45) is 1.88. The Balaban J connectivity index is 1.57. The minimum Gasteiger partial charge on any atom is -0.374 e. The van der Waals surface area contributed by atoms with Gasteiger partial charge in [-0.3, -0.25) is 24.5 Å². The number of anilines is 1. The van der Waals surface area contributed by atoms with Crippen molar-refractivity contribution in [1.82, 2.24) is 15.1 Å². The van der Waals surface area contributed by atoms with Crippen LogP contribution in [-0.2, 0) is 14.3 Å². The molecule has 2 N–H and O–H groups in total. The Labute approximate surface area is 224 Å². The number of likely N-dealkylation sites (tertiary alicyclic amines) is 1. The largest absolute Gasteiger partial charge is 0.374 e. The number of amides is 3. The number of piperidine rings is 2. The highest BCUT2D eigenvalue weighted by atomic mass is 79.9. The fourth-order valence-electron chi connectivity index (χ4n) is 5.64. The Morgan fingerprint density at radius 1 is 1.16 bits per heavy atom. The van der Waals surface area contributed by atoms with Crippen LogP contribution >= 0.6 is 15.9 Å². The molecule has 11 nitrogen and oxygen atoms in total. The van der Waals surface area contributed by atoms with Crippen LogP contribution < -0.4 is 10.6 Å². The van der Waals surface area contributed by atoms with Gasteiger partial charge in [0.1, 0.15) is 5.69 Å². The molecule has 0 aliphatic carbocycles. The number of carbonyl (C=O) groups excluding carboxylic acids is 3. The zero-order chi connectivity index (χ0) is 26.9. The molecule has 0 spiro atoms. The molecule has 202 valence electrons. The fourth-order valence-corrected chi connectivity index (χ4v) is 6.09. The number of nitrogens with zero attached hydrogens (tertiary/aromatic N) is 3. The molecule has 3 heterocycles. The Morgan fingerprint density at radius 3 is 2.51 bits per heavy atom. The molecule has 1 aromatic rings. The quantitative estimate of drug-likeness (QED) is 0.404. The van der Waals surface area contributed by atoms with Crippen LogP contribution in [0.3, 0.4) is 0 Å². The van der Waals surface area contributed by atoms with E-state index in [1.165, 1.54) is 6.07 Å². The number of halogens is 1. The summed E-state index contributed by atoms with van der Waals surface area (Å²) < 4.78 is 6.19. The maximum atomic E-state index is 13.6. The predicted octanol–water partition coefficient (Wildman–Crippen LogP) is 2.92. The van der Waals surface area contributed by atoms with Gasteiger partial charge in [0, 0.05) is 61.1 Å². The third kappa shape index (κ3) is 6.40. The average Bonchev–Trinajstić information content (AvgIpc) is 2.82. The van der Waals surface area contributed by atoms with E-state index in [1.54, 1.807) is 15.9 Å². The van der Waals surface area contributed by atoms with Gasteiger partial charge in [0.2, 0.25) is 11.8 Å². The van der Waals surface area contributed by atoms with Gasteiger partial charge in [-0.2, -0.15) is 0 Å². The second-order valence-corrected chi connectivity index (χ2v) is 11.4. The second kappa shape index (κ2) is 11.3. The molecule has 3 amide bonds. The standard InChI is InChI=1S/C25H34BrN5O6/c1-14-7-17(8-22(32)27-14)24(33)29-6-4-5-19(13-29)28-23-20(9-18(26)10-21(23)31(35)36)25(34)30-11-15(2)37-16(3)12-30/h9-10,14-17,19,28H,4-8,11-13H2,1-3H3,(H,27,32)/t14-,15-,16+,17+,19+/m0/s1. The van der Waals surface area contributed by atoms with Crippen molar-refractivity contribution in [2.75, 3.05) is 31.5 Å². The van der Waals surface area contributed by atoms with E-state index in [0.717, 1.165) is 0 Å². The summed E-state index contributed by atoms with van der Waals surface area (Å²) in [5.74, 6) is -0.859. The van der Waals surface area contributed by atoms with Crippen LogP contribution in [0.1, 0.15) is 56.8 Å². The molecule has 12 heteroatoms. The molecule has 37 heavy (non-hydrogen) atoms. The average molecular weight is 580 g/mol. The van der Waals surface area contributed by atoms with Crippen LogP contribution in [0.25, 0.3) is 0 Å². The summed E-state index contributed by atoms with van der Waals surface area (Å²) >= 11 is 3.33. The van der Waals surface area contributed by atoms with Crippen LogP contribution in [0.15, 0.2) is 16.6 Å². The highest BCUT2D eigenvalue weighted by Gasteiger charge is 2.36. The topological polar surface area (TPSA) is 134 Å². The van der Waals surface area contributed by atoms with Crippen molar-refractivity contribution in [3.8, 4) is 0 Å². The number of benzene rings is 1. The maximum absolute atomic E-state index is 13.6. The van der Waals surface area contributed by atoms with Gasteiger partial charge in [0.05, 0.1) is 22.7 Å². The van der Waals surface area contributed by atoms with Crippen molar-refractivity contribution in [2.45, 2.75) is 70.7 Å². The van der Waals surface area contributed by atoms with Crippen molar-refractivity contribution >= 4 is 45.0 Å².